The lowest BCUT2D eigenvalue weighted by atomic mass is 9.48. The van der Waals surface area contributed by atoms with E-state index in [4.69, 9.17) is 9.97 Å². The molecule has 0 saturated carbocycles. The van der Waals surface area contributed by atoms with E-state index in [-0.39, 0.29) is 21.7 Å². The van der Waals surface area contributed by atoms with E-state index in [2.05, 4.69) is 201 Å². The largest absolute Gasteiger partial charge is 0.294 e. The van der Waals surface area contributed by atoms with Crippen LogP contribution in [0.25, 0.3) is 55.2 Å². The second-order valence-electron chi connectivity index (χ2n) is 19.7. The van der Waals surface area contributed by atoms with Gasteiger partial charge in [-0.15, -0.1) is 0 Å². The lowest BCUT2D eigenvalue weighted by molar-refractivity contribution is 0.0909. The molecule has 0 aliphatic heterocycles. The highest BCUT2D eigenvalue weighted by molar-refractivity contribution is 6.10. The molecule has 0 radical (unpaired) electrons. The van der Waals surface area contributed by atoms with Gasteiger partial charge in [-0.1, -0.05) is 144 Å². The van der Waals surface area contributed by atoms with E-state index in [0.29, 0.717) is 0 Å². The first-order chi connectivity index (χ1) is 25.8. The Morgan fingerprint density at radius 3 is 1.09 bits per heavy atom. The summed E-state index contributed by atoms with van der Waals surface area (Å²) in [5.41, 5.74) is 9.03. The van der Waals surface area contributed by atoms with Crippen molar-refractivity contribution in [1.82, 2.24) is 19.1 Å². The van der Waals surface area contributed by atoms with Crippen LogP contribution in [0.2, 0.25) is 0 Å². The molecule has 0 amide bonds. The molecule has 0 bridgehead atoms. The Bertz CT molecular complexity index is 2550. The summed E-state index contributed by atoms with van der Waals surface area (Å²) in [5.74, 6) is 1.90. The predicted octanol–water partition coefficient (Wildman–Crippen LogP) is 13.6. The molecule has 0 atom stereocenters. The molecule has 0 fully saturated rings. The molecule has 4 heterocycles. The van der Waals surface area contributed by atoms with Gasteiger partial charge in [0.15, 0.2) is 0 Å². The molecule has 0 spiro atoms. The quantitative estimate of drug-likeness (QED) is 0.181. The molecule has 4 nitrogen and oxygen atoms in total. The van der Waals surface area contributed by atoms with E-state index in [1.807, 2.05) is 12.4 Å². The number of hydrogen-bond donors (Lipinski definition) is 0. The van der Waals surface area contributed by atoms with Crippen molar-refractivity contribution in [3.8, 4) is 11.6 Å². The number of pyridine rings is 2. The maximum Gasteiger partial charge on any atom is 0.137 e. The fraction of sp³-hybridized carbons (Fsp3) is 0.333. The van der Waals surface area contributed by atoms with E-state index < -0.39 is 5.41 Å². The monoisotopic (exact) mass is 724 g/mol. The molecule has 0 aliphatic carbocycles. The summed E-state index contributed by atoms with van der Waals surface area (Å²) in [6.45, 7) is 28.1. The van der Waals surface area contributed by atoms with Gasteiger partial charge < -0.3 is 0 Å². The smallest absolute Gasteiger partial charge is 0.137 e. The Balaban J connectivity index is 1.45. The Labute approximate surface area is 327 Å². The van der Waals surface area contributed by atoms with Gasteiger partial charge in [-0.05, 0) is 92.4 Å². The van der Waals surface area contributed by atoms with Crippen molar-refractivity contribution in [2.45, 2.75) is 99.3 Å². The number of rotatable bonds is 4. The Morgan fingerprint density at radius 2 is 0.727 bits per heavy atom. The van der Waals surface area contributed by atoms with E-state index in [1.165, 1.54) is 65.9 Å². The topological polar surface area (TPSA) is 35.6 Å². The third-order valence-electron chi connectivity index (χ3n) is 12.1. The van der Waals surface area contributed by atoms with Gasteiger partial charge in [-0.25, -0.2) is 9.97 Å². The first-order valence-electron chi connectivity index (χ1n) is 19.8. The number of nitrogens with zero attached hydrogens (tertiary/aromatic N) is 4. The van der Waals surface area contributed by atoms with Crippen LogP contribution < -0.4 is 0 Å². The highest BCUT2D eigenvalue weighted by Crippen LogP contribution is 2.58. The molecule has 4 aromatic carbocycles. The maximum atomic E-state index is 5.01. The lowest BCUT2D eigenvalue weighted by Gasteiger charge is -2.55. The second kappa shape index (κ2) is 12.4. The number of aromatic nitrogens is 4. The van der Waals surface area contributed by atoms with Crippen LogP contribution in [0.15, 0.2) is 122 Å². The van der Waals surface area contributed by atoms with E-state index in [9.17, 15) is 0 Å². The van der Waals surface area contributed by atoms with Crippen molar-refractivity contribution in [3.05, 3.63) is 144 Å². The summed E-state index contributed by atoms with van der Waals surface area (Å²) >= 11 is 0. The molecule has 280 valence electrons. The molecule has 55 heavy (non-hydrogen) atoms. The van der Waals surface area contributed by atoms with Crippen molar-refractivity contribution >= 4 is 43.6 Å². The fourth-order valence-electron chi connectivity index (χ4n) is 9.94. The third-order valence-corrected chi connectivity index (χ3v) is 12.1. The van der Waals surface area contributed by atoms with Crippen LogP contribution in [-0.2, 0) is 16.2 Å². The van der Waals surface area contributed by atoms with E-state index in [0.717, 1.165) is 11.6 Å². The normalized spacial score (nSPS) is 13.5. The van der Waals surface area contributed by atoms with Crippen LogP contribution in [0, 0.1) is 10.8 Å². The molecular weight excluding hydrogens is 669 g/mol. The number of para-hydroxylation sites is 2. The molecule has 8 aromatic rings. The van der Waals surface area contributed by atoms with Gasteiger partial charge in [0.2, 0.25) is 0 Å². The molecule has 4 heteroatoms. The van der Waals surface area contributed by atoms with Crippen molar-refractivity contribution in [2.75, 3.05) is 0 Å². The lowest BCUT2D eigenvalue weighted by Crippen LogP contribution is -2.51. The fourth-order valence-corrected chi connectivity index (χ4v) is 9.94. The highest BCUT2D eigenvalue weighted by Gasteiger charge is 2.53. The zero-order valence-electron chi connectivity index (χ0n) is 34.8. The van der Waals surface area contributed by atoms with Crippen molar-refractivity contribution in [2.24, 2.45) is 10.8 Å². The summed E-state index contributed by atoms with van der Waals surface area (Å²) in [6, 6.07) is 40.9. The summed E-state index contributed by atoms with van der Waals surface area (Å²) < 4.78 is 4.77. The highest BCUT2D eigenvalue weighted by atomic mass is 15.1. The SMILES string of the molecule is CC(C)(C)c1ccnc(-n2c3ccccc3c3ccc(C(c4ccc5c6ccccc6n(-c6cc(C(C)(C)C)ccn6)c5c4)(C(C)(C)C)C(C)(C)C)cc32)c1. The zero-order valence-corrected chi connectivity index (χ0v) is 34.8. The van der Waals surface area contributed by atoms with Crippen LogP contribution in [0.3, 0.4) is 0 Å². The molecular formula is C51H56N4. The van der Waals surface area contributed by atoms with Crippen LogP contribution in [0.4, 0.5) is 0 Å². The van der Waals surface area contributed by atoms with Crippen molar-refractivity contribution in [3.63, 3.8) is 0 Å². The van der Waals surface area contributed by atoms with Gasteiger partial charge in [-0.3, -0.25) is 9.13 Å². The minimum absolute atomic E-state index is 0.0000726. The van der Waals surface area contributed by atoms with Crippen LogP contribution in [0.1, 0.15) is 105 Å². The van der Waals surface area contributed by atoms with Crippen LogP contribution in [0.5, 0.6) is 0 Å². The number of benzene rings is 4. The Morgan fingerprint density at radius 1 is 0.364 bits per heavy atom. The number of fused-ring (bicyclic) bond motifs is 6. The van der Waals surface area contributed by atoms with Gasteiger partial charge in [-0.2, -0.15) is 0 Å². The van der Waals surface area contributed by atoms with E-state index in [1.54, 1.807) is 0 Å². The maximum absolute atomic E-state index is 5.01. The van der Waals surface area contributed by atoms with Gasteiger partial charge in [0, 0.05) is 39.4 Å². The molecule has 8 rings (SSSR count). The van der Waals surface area contributed by atoms with Gasteiger partial charge in [0.25, 0.3) is 0 Å². The summed E-state index contributed by atoms with van der Waals surface area (Å²) in [5, 5.41) is 4.94. The number of hydrogen-bond acceptors (Lipinski definition) is 2. The summed E-state index contributed by atoms with van der Waals surface area (Å²) in [6.07, 6.45) is 3.94. The Hall–Kier alpha value is -5.22. The van der Waals surface area contributed by atoms with E-state index >= 15 is 0 Å². The minimum atomic E-state index is -0.410. The average Bonchev–Trinajstić information content (AvgIpc) is 3.62. The molecule has 0 N–H and O–H groups in total. The van der Waals surface area contributed by atoms with Crippen molar-refractivity contribution in [1.29, 1.82) is 0 Å². The zero-order chi connectivity index (χ0) is 39.3. The van der Waals surface area contributed by atoms with Gasteiger partial charge in [0.1, 0.15) is 11.6 Å². The van der Waals surface area contributed by atoms with Crippen LogP contribution in [-0.4, -0.2) is 19.1 Å². The van der Waals surface area contributed by atoms with Gasteiger partial charge in [0.05, 0.1) is 22.1 Å². The predicted molar refractivity (Wildman–Crippen MR) is 234 cm³/mol. The molecule has 0 unspecified atom stereocenters. The van der Waals surface area contributed by atoms with Crippen LogP contribution >= 0.6 is 0 Å². The van der Waals surface area contributed by atoms with Crippen molar-refractivity contribution < 1.29 is 0 Å². The second-order valence-corrected chi connectivity index (χ2v) is 19.7. The summed E-state index contributed by atoms with van der Waals surface area (Å²) in [4.78, 5) is 10.0. The first kappa shape index (κ1) is 36.7. The first-order valence-corrected chi connectivity index (χ1v) is 19.8. The molecule has 4 aromatic heterocycles. The van der Waals surface area contributed by atoms with Gasteiger partial charge >= 0.3 is 0 Å². The molecule has 0 aliphatic rings. The summed E-state index contributed by atoms with van der Waals surface area (Å²) in [7, 11) is 0. The minimum Gasteiger partial charge on any atom is -0.294 e. The average molecular weight is 725 g/mol. The molecule has 0 saturated heterocycles. The third kappa shape index (κ3) is 5.71. The standard InChI is InChI=1S/C51H56N4/c1-47(2,3)33-25-27-52-45(31-33)54-41-19-15-13-17-37(41)39-23-21-35(29-43(39)54)51(49(7,8)9,50(10,11)12)36-22-24-40-38-18-14-16-20-42(38)55(44(40)30-36)46-32-34(26-28-53-46)48(4,5)6/h13-32H,1-12H3. The Kier molecular flexibility index (Phi) is 8.28.